The first-order valence-corrected chi connectivity index (χ1v) is 5.94. The van der Waals surface area contributed by atoms with E-state index in [2.05, 4.69) is 10.1 Å². The molecule has 0 aromatic heterocycles. The van der Waals surface area contributed by atoms with Gasteiger partial charge in [0, 0.05) is 23.5 Å². The zero-order valence-corrected chi connectivity index (χ0v) is 11.0. The molecule has 18 heavy (non-hydrogen) atoms. The summed E-state index contributed by atoms with van der Waals surface area (Å²) in [6.45, 7) is 4.39. The summed E-state index contributed by atoms with van der Waals surface area (Å²) in [5, 5.41) is 3.02. The standard InChI is InChI=1S/C13H20N2O3/c1-4-5-18-12-7-10(14)6-11(8-12)15-9(2)13(16)17-3/h6-9,15H,4-5,14H2,1-3H3. The molecule has 3 N–H and O–H groups in total. The summed E-state index contributed by atoms with van der Waals surface area (Å²) in [5.41, 5.74) is 7.10. The fourth-order valence-electron chi connectivity index (χ4n) is 1.49. The van der Waals surface area contributed by atoms with E-state index < -0.39 is 6.04 Å². The van der Waals surface area contributed by atoms with Crippen LogP contribution >= 0.6 is 0 Å². The summed E-state index contributed by atoms with van der Waals surface area (Å²) in [7, 11) is 1.36. The number of nitrogens with one attached hydrogen (secondary N) is 1. The molecular formula is C13H20N2O3. The monoisotopic (exact) mass is 252 g/mol. The molecule has 0 spiro atoms. The summed E-state index contributed by atoms with van der Waals surface area (Å²) in [4.78, 5) is 11.3. The Hall–Kier alpha value is -1.91. The summed E-state index contributed by atoms with van der Waals surface area (Å²) in [5.74, 6) is 0.366. The number of benzene rings is 1. The predicted octanol–water partition coefficient (Wildman–Crippen LogP) is 2.03. The Bertz CT molecular complexity index is 407. The van der Waals surface area contributed by atoms with Crippen LogP contribution in [0.4, 0.5) is 11.4 Å². The maximum absolute atomic E-state index is 11.3. The number of esters is 1. The lowest BCUT2D eigenvalue weighted by Crippen LogP contribution is -2.27. The van der Waals surface area contributed by atoms with Gasteiger partial charge in [-0.25, -0.2) is 4.79 Å². The van der Waals surface area contributed by atoms with Crippen LogP contribution in [0.1, 0.15) is 20.3 Å². The molecule has 1 aromatic rings. The van der Waals surface area contributed by atoms with Gasteiger partial charge in [0.2, 0.25) is 0 Å². The average molecular weight is 252 g/mol. The zero-order chi connectivity index (χ0) is 13.5. The maximum Gasteiger partial charge on any atom is 0.327 e. The van der Waals surface area contributed by atoms with E-state index in [1.807, 2.05) is 13.0 Å². The number of carbonyl (C=O) groups is 1. The minimum atomic E-state index is -0.434. The van der Waals surface area contributed by atoms with Crippen LogP contribution in [0.2, 0.25) is 0 Å². The first kappa shape index (κ1) is 14.2. The number of ether oxygens (including phenoxy) is 2. The van der Waals surface area contributed by atoms with Gasteiger partial charge in [0.15, 0.2) is 0 Å². The average Bonchev–Trinajstić information content (AvgIpc) is 2.34. The Morgan fingerprint density at radius 3 is 2.78 bits per heavy atom. The normalized spacial score (nSPS) is 11.7. The second-order valence-electron chi connectivity index (χ2n) is 4.03. The third-order valence-corrected chi connectivity index (χ3v) is 2.34. The van der Waals surface area contributed by atoms with Gasteiger partial charge in [-0.3, -0.25) is 0 Å². The highest BCUT2D eigenvalue weighted by atomic mass is 16.5. The fraction of sp³-hybridized carbons (Fsp3) is 0.462. The number of hydrogen-bond acceptors (Lipinski definition) is 5. The molecule has 0 amide bonds. The molecule has 0 aliphatic heterocycles. The molecule has 5 heteroatoms. The van der Waals surface area contributed by atoms with E-state index in [9.17, 15) is 4.79 Å². The number of rotatable bonds is 6. The molecule has 5 nitrogen and oxygen atoms in total. The predicted molar refractivity (Wildman–Crippen MR) is 71.7 cm³/mol. The van der Waals surface area contributed by atoms with Crippen LogP contribution in [0, 0.1) is 0 Å². The molecule has 0 heterocycles. The van der Waals surface area contributed by atoms with Gasteiger partial charge in [0.05, 0.1) is 13.7 Å². The van der Waals surface area contributed by atoms with Gasteiger partial charge in [-0.05, 0) is 19.4 Å². The summed E-state index contributed by atoms with van der Waals surface area (Å²) >= 11 is 0. The molecule has 0 aliphatic rings. The van der Waals surface area contributed by atoms with Gasteiger partial charge >= 0.3 is 5.97 Å². The number of nitrogens with two attached hydrogens (primary N) is 1. The minimum Gasteiger partial charge on any atom is -0.493 e. The quantitative estimate of drug-likeness (QED) is 0.598. The third-order valence-electron chi connectivity index (χ3n) is 2.34. The topological polar surface area (TPSA) is 73.6 Å². The van der Waals surface area contributed by atoms with Gasteiger partial charge < -0.3 is 20.5 Å². The summed E-state index contributed by atoms with van der Waals surface area (Å²) in [6.07, 6.45) is 0.927. The first-order valence-electron chi connectivity index (χ1n) is 5.94. The number of carbonyl (C=O) groups excluding carboxylic acids is 1. The van der Waals surface area contributed by atoms with Crippen LogP contribution in [0.5, 0.6) is 5.75 Å². The maximum atomic E-state index is 11.3. The van der Waals surface area contributed by atoms with Crippen LogP contribution in [0.25, 0.3) is 0 Å². The molecule has 100 valence electrons. The largest absolute Gasteiger partial charge is 0.493 e. The second-order valence-corrected chi connectivity index (χ2v) is 4.03. The van der Waals surface area contributed by atoms with E-state index in [1.54, 1.807) is 19.1 Å². The van der Waals surface area contributed by atoms with E-state index in [4.69, 9.17) is 10.5 Å². The van der Waals surface area contributed by atoms with Gasteiger partial charge in [-0.1, -0.05) is 6.92 Å². The van der Waals surface area contributed by atoms with Crippen LogP contribution in [0.15, 0.2) is 18.2 Å². The van der Waals surface area contributed by atoms with Crippen molar-refractivity contribution in [2.24, 2.45) is 0 Å². The van der Waals surface area contributed by atoms with Crippen LogP contribution in [-0.4, -0.2) is 25.7 Å². The molecule has 0 saturated carbocycles. The Morgan fingerprint density at radius 2 is 2.17 bits per heavy atom. The van der Waals surface area contributed by atoms with Crippen molar-refractivity contribution in [3.8, 4) is 5.75 Å². The van der Waals surface area contributed by atoms with E-state index >= 15 is 0 Å². The SMILES string of the molecule is CCCOc1cc(N)cc(NC(C)C(=O)OC)c1. The summed E-state index contributed by atoms with van der Waals surface area (Å²) < 4.78 is 10.2. The lowest BCUT2D eigenvalue weighted by atomic mass is 10.2. The van der Waals surface area contributed by atoms with E-state index in [1.165, 1.54) is 7.11 Å². The molecule has 0 fully saturated rings. The number of methoxy groups -OCH3 is 1. The fourth-order valence-corrected chi connectivity index (χ4v) is 1.49. The minimum absolute atomic E-state index is 0.326. The molecule has 0 radical (unpaired) electrons. The van der Waals surface area contributed by atoms with Crippen molar-refractivity contribution in [1.29, 1.82) is 0 Å². The molecule has 0 saturated heterocycles. The Balaban J connectivity index is 2.76. The highest BCUT2D eigenvalue weighted by Crippen LogP contribution is 2.23. The molecule has 0 bridgehead atoms. The van der Waals surface area contributed by atoms with Crippen molar-refractivity contribution in [2.75, 3.05) is 24.8 Å². The van der Waals surface area contributed by atoms with E-state index in [0.717, 1.165) is 12.1 Å². The second kappa shape index (κ2) is 6.74. The van der Waals surface area contributed by atoms with Crippen LogP contribution < -0.4 is 15.8 Å². The molecular weight excluding hydrogens is 232 g/mol. The lowest BCUT2D eigenvalue weighted by molar-refractivity contribution is -0.141. The van der Waals surface area contributed by atoms with Crippen molar-refractivity contribution < 1.29 is 14.3 Å². The van der Waals surface area contributed by atoms with Gasteiger partial charge in [0.1, 0.15) is 11.8 Å². The van der Waals surface area contributed by atoms with Gasteiger partial charge in [-0.2, -0.15) is 0 Å². The van der Waals surface area contributed by atoms with Crippen molar-refractivity contribution in [2.45, 2.75) is 26.3 Å². The van der Waals surface area contributed by atoms with Gasteiger partial charge in [0.25, 0.3) is 0 Å². The Kier molecular flexibility index (Phi) is 5.30. The van der Waals surface area contributed by atoms with Crippen molar-refractivity contribution >= 4 is 17.3 Å². The Labute approximate surface area is 107 Å². The van der Waals surface area contributed by atoms with Crippen molar-refractivity contribution in [3.63, 3.8) is 0 Å². The van der Waals surface area contributed by atoms with E-state index in [-0.39, 0.29) is 5.97 Å². The van der Waals surface area contributed by atoms with Gasteiger partial charge in [-0.15, -0.1) is 0 Å². The lowest BCUT2D eigenvalue weighted by Gasteiger charge is -2.14. The Morgan fingerprint density at radius 1 is 1.44 bits per heavy atom. The molecule has 0 aliphatic carbocycles. The molecule has 1 rings (SSSR count). The van der Waals surface area contributed by atoms with E-state index in [0.29, 0.717) is 18.0 Å². The van der Waals surface area contributed by atoms with Crippen LogP contribution in [-0.2, 0) is 9.53 Å². The number of anilines is 2. The number of nitrogen functional groups attached to an aromatic ring is 1. The van der Waals surface area contributed by atoms with Crippen LogP contribution in [0.3, 0.4) is 0 Å². The molecule has 1 aromatic carbocycles. The molecule has 1 atom stereocenters. The highest BCUT2D eigenvalue weighted by molar-refractivity contribution is 5.79. The first-order chi connectivity index (χ1) is 8.56. The van der Waals surface area contributed by atoms with Crippen molar-refractivity contribution in [1.82, 2.24) is 0 Å². The third kappa shape index (κ3) is 4.16. The smallest absolute Gasteiger partial charge is 0.327 e. The molecule has 1 unspecified atom stereocenters. The highest BCUT2D eigenvalue weighted by Gasteiger charge is 2.13. The number of hydrogen-bond donors (Lipinski definition) is 2. The summed E-state index contributed by atoms with van der Waals surface area (Å²) in [6, 6.07) is 4.88. The van der Waals surface area contributed by atoms with Crippen molar-refractivity contribution in [3.05, 3.63) is 18.2 Å². The zero-order valence-electron chi connectivity index (χ0n) is 11.0.